The van der Waals surface area contributed by atoms with Crippen LogP contribution in [0.3, 0.4) is 0 Å². The minimum absolute atomic E-state index is 0.0261. The molecule has 0 radical (unpaired) electrons. The van der Waals surface area contributed by atoms with Crippen LogP contribution >= 0.6 is 0 Å². The number of ether oxygens (including phenoxy) is 2. The van der Waals surface area contributed by atoms with Crippen molar-refractivity contribution in [2.45, 2.75) is 26.2 Å². The van der Waals surface area contributed by atoms with Gasteiger partial charge in [0, 0.05) is 12.7 Å². The van der Waals surface area contributed by atoms with Crippen LogP contribution < -0.4 is 13.8 Å². The van der Waals surface area contributed by atoms with Crippen molar-refractivity contribution in [2.75, 3.05) is 50.0 Å². The molecule has 0 amide bonds. The molecule has 2 aliphatic heterocycles. The molecule has 2 aromatic carbocycles. The zero-order valence-corrected chi connectivity index (χ0v) is 21.4. The Labute approximate surface area is 211 Å². The fraction of sp³-hybridized carbons (Fsp3) is 0.462. The standard InChI is InChI=1S/C26H31FN4O4S/c1-18-28-17-21-23(29-18)4-3-5-25(21)34-12-10-30-8-6-19(7-9-30)14-20-15-22(27)26-24(16-20)31(11-13-35-26)36(2,32)33/h3-5,15-17,19H,6-14H2,1-2H3. The summed E-state index contributed by atoms with van der Waals surface area (Å²) in [4.78, 5) is 11.1. The summed E-state index contributed by atoms with van der Waals surface area (Å²) in [6.45, 7) is 5.50. The fourth-order valence-corrected chi connectivity index (χ4v) is 5.95. The minimum atomic E-state index is -3.50. The molecule has 0 spiro atoms. The van der Waals surface area contributed by atoms with E-state index in [2.05, 4.69) is 14.9 Å². The Kier molecular flexibility index (Phi) is 6.98. The smallest absolute Gasteiger partial charge is 0.232 e. The molecule has 0 bridgehead atoms. The Morgan fingerprint density at radius 3 is 2.78 bits per heavy atom. The number of aryl methyl sites for hydroxylation is 1. The monoisotopic (exact) mass is 514 g/mol. The van der Waals surface area contributed by atoms with Crippen LogP contribution in [0, 0.1) is 18.7 Å². The number of sulfonamides is 1. The predicted octanol–water partition coefficient (Wildman–Crippen LogP) is 3.57. The summed E-state index contributed by atoms with van der Waals surface area (Å²) in [6, 6.07) is 9.11. The molecule has 0 N–H and O–H groups in total. The van der Waals surface area contributed by atoms with Crippen molar-refractivity contribution in [1.82, 2.24) is 14.9 Å². The predicted molar refractivity (Wildman–Crippen MR) is 137 cm³/mol. The SMILES string of the molecule is Cc1ncc2c(OCCN3CCC(Cc4cc(F)c5c(c4)N(S(C)(=O)=O)CCO5)CC3)cccc2n1. The number of rotatable bonds is 7. The fourth-order valence-electron chi connectivity index (χ4n) is 5.05. The average Bonchev–Trinajstić information content (AvgIpc) is 2.84. The number of hydrogen-bond donors (Lipinski definition) is 0. The van der Waals surface area contributed by atoms with Crippen molar-refractivity contribution in [1.29, 1.82) is 0 Å². The van der Waals surface area contributed by atoms with Gasteiger partial charge in [-0.1, -0.05) is 6.07 Å². The van der Waals surface area contributed by atoms with Crippen molar-refractivity contribution in [3.8, 4) is 11.5 Å². The van der Waals surface area contributed by atoms with Crippen molar-refractivity contribution in [3.05, 3.63) is 53.7 Å². The third kappa shape index (κ3) is 5.39. The summed E-state index contributed by atoms with van der Waals surface area (Å²) < 4.78 is 51.8. The maximum Gasteiger partial charge on any atom is 0.232 e. The highest BCUT2D eigenvalue weighted by Gasteiger charge is 2.29. The molecule has 2 aliphatic rings. The Morgan fingerprint density at radius 2 is 2.00 bits per heavy atom. The number of piperidine rings is 1. The van der Waals surface area contributed by atoms with Crippen molar-refractivity contribution < 1.29 is 22.3 Å². The molecule has 192 valence electrons. The average molecular weight is 515 g/mol. The zero-order chi connectivity index (χ0) is 25.3. The van der Waals surface area contributed by atoms with Gasteiger partial charge < -0.3 is 9.47 Å². The first kappa shape index (κ1) is 24.7. The van der Waals surface area contributed by atoms with Crippen LogP contribution in [-0.4, -0.2) is 68.9 Å². The van der Waals surface area contributed by atoms with Crippen LogP contribution in [0.5, 0.6) is 11.5 Å². The molecule has 3 heterocycles. The van der Waals surface area contributed by atoms with Gasteiger partial charge in [0.05, 0.1) is 29.4 Å². The summed E-state index contributed by atoms with van der Waals surface area (Å²) in [5.41, 5.74) is 1.99. The van der Waals surface area contributed by atoms with Gasteiger partial charge in [0.15, 0.2) is 11.6 Å². The van der Waals surface area contributed by atoms with E-state index >= 15 is 0 Å². The van der Waals surface area contributed by atoms with Gasteiger partial charge >= 0.3 is 0 Å². The molecule has 1 aromatic heterocycles. The van der Waals surface area contributed by atoms with Gasteiger partial charge in [-0.25, -0.2) is 22.8 Å². The molecule has 36 heavy (non-hydrogen) atoms. The molecule has 3 aromatic rings. The maximum absolute atomic E-state index is 14.7. The molecule has 10 heteroatoms. The van der Waals surface area contributed by atoms with Gasteiger partial charge in [0.2, 0.25) is 10.0 Å². The second-order valence-corrected chi connectivity index (χ2v) is 11.5. The Bertz CT molecular complexity index is 1360. The normalized spacial score (nSPS) is 17.1. The lowest BCUT2D eigenvalue weighted by molar-refractivity contribution is 0.155. The Hall–Kier alpha value is -2.98. The highest BCUT2D eigenvalue weighted by Crippen LogP contribution is 2.37. The summed E-state index contributed by atoms with van der Waals surface area (Å²) in [5, 5.41) is 0.916. The first-order valence-electron chi connectivity index (χ1n) is 12.3. The molecule has 1 fully saturated rings. The third-order valence-corrected chi connectivity index (χ3v) is 8.08. The summed E-state index contributed by atoms with van der Waals surface area (Å²) in [7, 11) is -3.50. The number of aromatic nitrogens is 2. The number of likely N-dealkylation sites (tertiary alicyclic amines) is 1. The second kappa shape index (κ2) is 10.2. The van der Waals surface area contributed by atoms with Gasteiger partial charge in [-0.3, -0.25) is 9.21 Å². The van der Waals surface area contributed by atoms with E-state index in [0.29, 0.717) is 24.6 Å². The topological polar surface area (TPSA) is 84.9 Å². The Balaban J connectivity index is 1.15. The van der Waals surface area contributed by atoms with Gasteiger partial charge in [0.25, 0.3) is 0 Å². The first-order valence-corrected chi connectivity index (χ1v) is 14.1. The quantitative estimate of drug-likeness (QED) is 0.477. The third-order valence-electron chi connectivity index (χ3n) is 6.90. The van der Waals surface area contributed by atoms with Crippen LogP contribution in [0.25, 0.3) is 10.9 Å². The van der Waals surface area contributed by atoms with Gasteiger partial charge in [0.1, 0.15) is 24.8 Å². The number of hydrogen-bond acceptors (Lipinski definition) is 7. The van der Waals surface area contributed by atoms with E-state index in [1.165, 1.54) is 10.4 Å². The summed E-state index contributed by atoms with van der Waals surface area (Å²) in [5.74, 6) is 1.47. The number of halogens is 1. The van der Waals surface area contributed by atoms with Crippen molar-refractivity contribution in [3.63, 3.8) is 0 Å². The van der Waals surface area contributed by atoms with Crippen LogP contribution in [0.2, 0.25) is 0 Å². The first-order chi connectivity index (χ1) is 17.3. The number of fused-ring (bicyclic) bond motifs is 2. The number of benzene rings is 2. The van der Waals surface area contributed by atoms with E-state index < -0.39 is 15.8 Å². The highest BCUT2D eigenvalue weighted by atomic mass is 32.2. The van der Waals surface area contributed by atoms with E-state index in [4.69, 9.17) is 9.47 Å². The molecule has 0 aliphatic carbocycles. The summed E-state index contributed by atoms with van der Waals surface area (Å²) in [6.07, 6.45) is 5.64. The van der Waals surface area contributed by atoms with Crippen LogP contribution in [0.1, 0.15) is 24.2 Å². The Morgan fingerprint density at radius 1 is 1.19 bits per heavy atom. The molecule has 0 atom stereocenters. The van der Waals surface area contributed by atoms with Gasteiger partial charge in [-0.2, -0.15) is 0 Å². The minimum Gasteiger partial charge on any atom is -0.491 e. The molecule has 8 nitrogen and oxygen atoms in total. The van der Waals surface area contributed by atoms with Crippen LogP contribution in [0.4, 0.5) is 10.1 Å². The van der Waals surface area contributed by atoms with E-state index in [9.17, 15) is 12.8 Å². The van der Waals surface area contributed by atoms with Crippen LogP contribution in [-0.2, 0) is 16.4 Å². The van der Waals surface area contributed by atoms with E-state index in [1.807, 2.05) is 31.3 Å². The largest absolute Gasteiger partial charge is 0.491 e. The van der Waals surface area contributed by atoms with E-state index in [-0.39, 0.29) is 18.9 Å². The molecule has 5 rings (SSSR count). The van der Waals surface area contributed by atoms with Gasteiger partial charge in [-0.15, -0.1) is 0 Å². The lowest BCUT2D eigenvalue weighted by atomic mass is 9.90. The zero-order valence-electron chi connectivity index (χ0n) is 20.6. The summed E-state index contributed by atoms with van der Waals surface area (Å²) >= 11 is 0. The van der Waals surface area contributed by atoms with Crippen molar-refractivity contribution in [2.24, 2.45) is 5.92 Å². The number of anilines is 1. The van der Waals surface area contributed by atoms with E-state index in [0.717, 1.165) is 66.8 Å². The molecule has 1 saturated heterocycles. The van der Waals surface area contributed by atoms with Crippen LogP contribution in [0.15, 0.2) is 36.5 Å². The second-order valence-electron chi connectivity index (χ2n) is 9.55. The highest BCUT2D eigenvalue weighted by molar-refractivity contribution is 7.92. The molecule has 0 saturated carbocycles. The molecular formula is C26H31FN4O4S. The molecule has 0 unspecified atom stereocenters. The van der Waals surface area contributed by atoms with Crippen molar-refractivity contribution >= 4 is 26.6 Å². The number of nitrogens with zero attached hydrogens (tertiary/aromatic N) is 4. The lowest BCUT2D eigenvalue weighted by Crippen LogP contribution is -2.38. The van der Waals surface area contributed by atoms with E-state index in [1.54, 1.807) is 6.07 Å². The maximum atomic E-state index is 14.7. The molecular weight excluding hydrogens is 483 g/mol. The lowest BCUT2D eigenvalue weighted by Gasteiger charge is -2.33. The van der Waals surface area contributed by atoms with Gasteiger partial charge in [-0.05, 0) is 75.0 Å².